The van der Waals surface area contributed by atoms with E-state index in [4.69, 9.17) is 11.6 Å². The van der Waals surface area contributed by atoms with Crippen LogP contribution in [0.5, 0.6) is 0 Å². The highest BCUT2D eigenvalue weighted by Gasteiger charge is 2.04. The fourth-order valence-electron chi connectivity index (χ4n) is 1.20. The summed E-state index contributed by atoms with van der Waals surface area (Å²) in [6, 6.07) is 4.81. The average Bonchev–Trinajstić information content (AvgIpc) is 2.16. The molecule has 0 radical (unpaired) electrons. The van der Waals surface area contributed by atoms with Crippen molar-refractivity contribution in [2.24, 2.45) is 5.92 Å². The van der Waals surface area contributed by atoms with Gasteiger partial charge in [-0.3, -0.25) is 0 Å². The van der Waals surface area contributed by atoms with Crippen LogP contribution in [0.25, 0.3) is 0 Å². The maximum Gasteiger partial charge on any atom is 0.124 e. The third-order valence-corrected chi connectivity index (χ3v) is 3.45. The van der Waals surface area contributed by atoms with E-state index in [9.17, 15) is 4.39 Å². The molecule has 14 heavy (non-hydrogen) atoms. The molecular formula is C11H13BrClF. The standard InChI is InChI=1S/C11H13BrClF/c1-8(7-13)2-3-9-4-5-10(14)6-11(9)12/h4-6,8H,2-3,7H2,1H3. The number of rotatable bonds is 4. The van der Waals surface area contributed by atoms with Gasteiger partial charge in [-0.25, -0.2) is 4.39 Å². The molecule has 78 valence electrons. The Kier molecular flexibility index (Phi) is 4.90. The van der Waals surface area contributed by atoms with Crippen molar-refractivity contribution in [2.45, 2.75) is 19.8 Å². The Bertz CT molecular complexity index is 301. The van der Waals surface area contributed by atoms with E-state index in [1.807, 2.05) is 6.07 Å². The Labute approximate surface area is 97.6 Å². The molecule has 0 heterocycles. The smallest absolute Gasteiger partial charge is 0.124 e. The Morgan fingerprint density at radius 1 is 1.50 bits per heavy atom. The molecule has 1 aromatic carbocycles. The van der Waals surface area contributed by atoms with Crippen LogP contribution in [-0.2, 0) is 6.42 Å². The van der Waals surface area contributed by atoms with Crippen molar-refractivity contribution < 1.29 is 4.39 Å². The SMILES string of the molecule is CC(CCl)CCc1ccc(F)cc1Br. The van der Waals surface area contributed by atoms with Gasteiger partial charge in [-0.2, -0.15) is 0 Å². The molecule has 1 unspecified atom stereocenters. The summed E-state index contributed by atoms with van der Waals surface area (Å²) in [5.41, 5.74) is 1.14. The Morgan fingerprint density at radius 2 is 2.21 bits per heavy atom. The zero-order valence-corrected chi connectivity index (χ0v) is 10.4. The highest BCUT2D eigenvalue weighted by Crippen LogP contribution is 2.21. The molecule has 3 heteroatoms. The Morgan fingerprint density at radius 3 is 2.79 bits per heavy atom. The van der Waals surface area contributed by atoms with Crippen LogP contribution in [0, 0.1) is 11.7 Å². The van der Waals surface area contributed by atoms with Crippen LogP contribution in [0.1, 0.15) is 18.9 Å². The maximum atomic E-state index is 12.8. The molecule has 0 N–H and O–H groups in total. The van der Waals surface area contributed by atoms with E-state index in [-0.39, 0.29) is 5.82 Å². The molecular weight excluding hydrogens is 266 g/mol. The van der Waals surface area contributed by atoms with Gasteiger partial charge in [0.1, 0.15) is 5.82 Å². The van der Waals surface area contributed by atoms with Gasteiger partial charge in [-0.1, -0.05) is 28.9 Å². The summed E-state index contributed by atoms with van der Waals surface area (Å²) in [7, 11) is 0. The zero-order chi connectivity index (χ0) is 10.6. The van der Waals surface area contributed by atoms with E-state index in [0.717, 1.165) is 22.9 Å². The average molecular weight is 280 g/mol. The maximum absolute atomic E-state index is 12.8. The van der Waals surface area contributed by atoms with E-state index < -0.39 is 0 Å². The minimum Gasteiger partial charge on any atom is -0.207 e. The van der Waals surface area contributed by atoms with Gasteiger partial charge in [0.15, 0.2) is 0 Å². The number of hydrogen-bond donors (Lipinski definition) is 0. The molecule has 0 amide bonds. The van der Waals surface area contributed by atoms with Gasteiger partial charge in [0, 0.05) is 10.4 Å². The molecule has 0 saturated heterocycles. The van der Waals surface area contributed by atoms with Crippen LogP contribution in [0.3, 0.4) is 0 Å². The van der Waals surface area contributed by atoms with Gasteiger partial charge in [-0.05, 0) is 36.5 Å². The first-order chi connectivity index (χ1) is 6.63. The third kappa shape index (κ3) is 3.58. The van der Waals surface area contributed by atoms with Crippen molar-refractivity contribution in [3.63, 3.8) is 0 Å². The van der Waals surface area contributed by atoms with Gasteiger partial charge in [0.05, 0.1) is 0 Å². The molecule has 0 nitrogen and oxygen atoms in total. The van der Waals surface area contributed by atoms with Crippen molar-refractivity contribution >= 4 is 27.5 Å². The molecule has 0 aliphatic carbocycles. The summed E-state index contributed by atoms with van der Waals surface area (Å²) in [5, 5.41) is 0. The van der Waals surface area contributed by atoms with Crippen molar-refractivity contribution in [1.82, 2.24) is 0 Å². The number of benzene rings is 1. The molecule has 0 saturated carbocycles. The van der Waals surface area contributed by atoms with Crippen LogP contribution >= 0.6 is 27.5 Å². The van der Waals surface area contributed by atoms with E-state index >= 15 is 0 Å². The molecule has 0 spiro atoms. The summed E-state index contributed by atoms with van der Waals surface area (Å²) >= 11 is 9.06. The van der Waals surface area contributed by atoms with E-state index in [2.05, 4.69) is 22.9 Å². The van der Waals surface area contributed by atoms with Gasteiger partial charge < -0.3 is 0 Å². The highest BCUT2D eigenvalue weighted by molar-refractivity contribution is 9.10. The Balaban J connectivity index is 2.59. The predicted molar refractivity (Wildman–Crippen MR) is 62.3 cm³/mol. The van der Waals surface area contributed by atoms with Crippen molar-refractivity contribution in [3.8, 4) is 0 Å². The second kappa shape index (κ2) is 5.72. The fourth-order valence-corrected chi connectivity index (χ4v) is 1.91. The molecule has 0 fully saturated rings. The van der Waals surface area contributed by atoms with Crippen LogP contribution < -0.4 is 0 Å². The summed E-state index contributed by atoms with van der Waals surface area (Å²) < 4.78 is 13.6. The molecule has 1 atom stereocenters. The quantitative estimate of drug-likeness (QED) is 0.717. The number of halogens is 3. The van der Waals surface area contributed by atoms with Gasteiger partial charge in [-0.15, -0.1) is 11.6 Å². The van der Waals surface area contributed by atoms with E-state index in [1.54, 1.807) is 0 Å². The number of aryl methyl sites for hydroxylation is 1. The molecule has 0 aliphatic rings. The summed E-state index contributed by atoms with van der Waals surface area (Å²) in [4.78, 5) is 0. The second-order valence-electron chi connectivity index (χ2n) is 3.53. The van der Waals surface area contributed by atoms with Crippen LogP contribution in [-0.4, -0.2) is 5.88 Å². The first-order valence-corrected chi connectivity index (χ1v) is 5.96. The largest absolute Gasteiger partial charge is 0.207 e. The fraction of sp³-hybridized carbons (Fsp3) is 0.455. The molecule has 0 aromatic heterocycles. The normalized spacial score (nSPS) is 12.9. The van der Waals surface area contributed by atoms with Gasteiger partial charge >= 0.3 is 0 Å². The summed E-state index contributed by atoms with van der Waals surface area (Å²) in [5.74, 6) is 0.985. The number of alkyl halides is 1. The lowest BCUT2D eigenvalue weighted by Gasteiger charge is -2.08. The van der Waals surface area contributed by atoms with E-state index in [1.165, 1.54) is 12.1 Å². The minimum atomic E-state index is -0.203. The van der Waals surface area contributed by atoms with Crippen LogP contribution in [0.15, 0.2) is 22.7 Å². The van der Waals surface area contributed by atoms with Crippen molar-refractivity contribution in [1.29, 1.82) is 0 Å². The molecule has 1 rings (SSSR count). The first-order valence-electron chi connectivity index (χ1n) is 4.63. The van der Waals surface area contributed by atoms with Crippen molar-refractivity contribution in [3.05, 3.63) is 34.1 Å². The molecule has 0 bridgehead atoms. The lowest BCUT2D eigenvalue weighted by atomic mass is 10.0. The van der Waals surface area contributed by atoms with Crippen molar-refractivity contribution in [2.75, 3.05) is 5.88 Å². The molecule has 1 aromatic rings. The van der Waals surface area contributed by atoms with E-state index in [0.29, 0.717) is 11.8 Å². The summed E-state index contributed by atoms with van der Waals surface area (Å²) in [6.07, 6.45) is 1.97. The predicted octanol–water partition coefficient (Wildman–Crippen LogP) is 4.40. The van der Waals surface area contributed by atoms with Crippen LogP contribution in [0.2, 0.25) is 0 Å². The zero-order valence-electron chi connectivity index (χ0n) is 8.06. The lowest BCUT2D eigenvalue weighted by molar-refractivity contribution is 0.589. The third-order valence-electron chi connectivity index (χ3n) is 2.18. The second-order valence-corrected chi connectivity index (χ2v) is 4.70. The lowest BCUT2D eigenvalue weighted by Crippen LogP contribution is -1.99. The first kappa shape index (κ1) is 12.0. The summed E-state index contributed by atoms with van der Waals surface area (Å²) in [6.45, 7) is 2.12. The minimum absolute atomic E-state index is 0.203. The van der Waals surface area contributed by atoms with Gasteiger partial charge in [0.2, 0.25) is 0 Å². The Hall–Kier alpha value is -0.0800. The van der Waals surface area contributed by atoms with Gasteiger partial charge in [0.25, 0.3) is 0 Å². The molecule has 0 aliphatic heterocycles. The van der Waals surface area contributed by atoms with Crippen LogP contribution in [0.4, 0.5) is 4.39 Å². The monoisotopic (exact) mass is 278 g/mol. The topological polar surface area (TPSA) is 0 Å². The number of hydrogen-bond acceptors (Lipinski definition) is 0. The highest BCUT2D eigenvalue weighted by atomic mass is 79.9.